The van der Waals surface area contributed by atoms with Crippen molar-refractivity contribution in [1.29, 1.82) is 0 Å². The van der Waals surface area contributed by atoms with Gasteiger partial charge in [-0.3, -0.25) is 4.79 Å². The van der Waals surface area contributed by atoms with Crippen molar-refractivity contribution in [2.75, 3.05) is 31.1 Å². The molecule has 0 aromatic carbocycles. The number of piperidine rings is 1. The minimum atomic E-state index is 0.0761. The number of anilines is 1. The van der Waals surface area contributed by atoms with Crippen molar-refractivity contribution in [3.63, 3.8) is 0 Å². The van der Waals surface area contributed by atoms with Crippen molar-refractivity contribution in [2.24, 2.45) is 5.92 Å². The third kappa shape index (κ3) is 4.98. The maximum Gasteiger partial charge on any atom is 0.223 e. The summed E-state index contributed by atoms with van der Waals surface area (Å²) in [5, 5.41) is 16.2. The fraction of sp³-hybridized carbons (Fsp3) is 0.700. The van der Waals surface area contributed by atoms with Gasteiger partial charge in [0, 0.05) is 38.1 Å². The molecule has 2 aromatic rings. The van der Waals surface area contributed by atoms with E-state index in [2.05, 4.69) is 34.3 Å². The van der Waals surface area contributed by atoms with E-state index >= 15 is 0 Å². The lowest BCUT2D eigenvalue weighted by Crippen LogP contribution is -2.41. The molecule has 0 aliphatic carbocycles. The highest BCUT2D eigenvalue weighted by atomic mass is 16.5. The van der Waals surface area contributed by atoms with E-state index in [-0.39, 0.29) is 23.8 Å². The van der Waals surface area contributed by atoms with Crippen LogP contribution < -0.4 is 10.2 Å². The molecule has 1 saturated heterocycles. The van der Waals surface area contributed by atoms with Crippen molar-refractivity contribution in [1.82, 2.24) is 25.1 Å². The molecule has 0 saturated carbocycles. The summed E-state index contributed by atoms with van der Waals surface area (Å²) in [5.74, 6) is 2.28. The maximum atomic E-state index is 12.4. The Hall–Kier alpha value is -2.22. The summed E-state index contributed by atoms with van der Waals surface area (Å²) >= 11 is 0. The van der Waals surface area contributed by atoms with Gasteiger partial charge in [0.15, 0.2) is 11.5 Å². The minimum Gasteiger partial charge on any atom is -0.379 e. The van der Waals surface area contributed by atoms with E-state index < -0.39 is 0 Å². The fourth-order valence-electron chi connectivity index (χ4n) is 3.44. The first-order valence-corrected chi connectivity index (χ1v) is 10.3. The number of carbonyl (C=O) groups is 1. The molecule has 3 heterocycles. The molecule has 1 fully saturated rings. The third-order valence-corrected chi connectivity index (χ3v) is 5.05. The van der Waals surface area contributed by atoms with Gasteiger partial charge in [0.1, 0.15) is 5.82 Å². The summed E-state index contributed by atoms with van der Waals surface area (Å²) < 4.78 is 7.34. The lowest BCUT2D eigenvalue weighted by molar-refractivity contribution is -0.125. The van der Waals surface area contributed by atoms with Crippen LogP contribution in [0, 0.1) is 5.92 Å². The first kappa shape index (κ1) is 20.5. The predicted molar refractivity (Wildman–Crippen MR) is 109 cm³/mol. The first-order chi connectivity index (χ1) is 13.5. The molecule has 28 heavy (non-hydrogen) atoms. The third-order valence-electron chi connectivity index (χ3n) is 5.05. The molecule has 1 N–H and O–H groups in total. The van der Waals surface area contributed by atoms with Gasteiger partial charge >= 0.3 is 0 Å². The van der Waals surface area contributed by atoms with Gasteiger partial charge in [-0.25, -0.2) is 0 Å². The van der Waals surface area contributed by atoms with E-state index in [0.29, 0.717) is 13.2 Å². The van der Waals surface area contributed by atoms with Crippen LogP contribution in [0.4, 0.5) is 5.82 Å². The molecular formula is C20H32N6O2. The van der Waals surface area contributed by atoms with E-state index in [1.165, 1.54) is 0 Å². The predicted octanol–water partition coefficient (Wildman–Crippen LogP) is 2.40. The van der Waals surface area contributed by atoms with Gasteiger partial charge in [-0.05, 0) is 45.2 Å². The molecule has 3 rings (SSSR count). The second kappa shape index (κ2) is 9.32. The van der Waals surface area contributed by atoms with Crippen LogP contribution in [0.2, 0.25) is 0 Å². The Kier molecular flexibility index (Phi) is 6.83. The normalized spacial score (nSPS) is 15.7. The van der Waals surface area contributed by atoms with Crippen LogP contribution in [0.15, 0.2) is 12.1 Å². The molecular weight excluding hydrogens is 356 g/mol. The van der Waals surface area contributed by atoms with E-state index in [9.17, 15) is 4.79 Å². The number of carbonyl (C=O) groups excluding carboxylic acids is 1. The Morgan fingerprint density at radius 2 is 1.96 bits per heavy atom. The molecule has 0 unspecified atom stereocenters. The van der Waals surface area contributed by atoms with Gasteiger partial charge in [0.05, 0.1) is 6.10 Å². The molecule has 0 radical (unpaired) electrons. The molecule has 8 nitrogen and oxygen atoms in total. The van der Waals surface area contributed by atoms with E-state index in [0.717, 1.165) is 49.6 Å². The molecule has 1 aliphatic heterocycles. The average molecular weight is 389 g/mol. The summed E-state index contributed by atoms with van der Waals surface area (Å²) in [6.07, 6.45) is 2.77. The molecule has 8 heteroatoms. The van der Waals surface area contributed by atoms with E-state index in [1.807, 2.05) is 30.5 Å². The SMILES string of the molecule is CC(C)OCCCNC(=O)C1CCN(c2ccc3nnc(C(C)C)n3n2)CC1. The van der Waals surface area contributed by atoms with Crippen molar-refractivity contribution in [3.8, 4) is 0 Å². The van der Waals surface area contributed by atoms with Gasteiger partial charge in [-0.1, -0.05) is 13.8 Å². The second-order valence-corrected chi connectivity index (χ2v) is 8.00. The average Bonchev–Trinajstić information content (AvgIpc) is 3.11. The highest BCUT2D eigenvalue weighted by Crippen LogP contribution is 2.23. The Labute approximate surface area is 166 Å². The lowest BCUT2D eigenvalue weighted by atomic mass is 9.96. The van der Waals surface area contributed by atoms with Gasteiger partial charge < -0.3 is 15.0 Å². The van der Waals surface area contributed by atoms with Gasteiger partial charge in [0.2, 0.25) is 5.91 Å². The van der Waals surface area contributed by atoms with Gasteiger partial charge in [-0.2, -0.15) is 4.52 Å². The summed E-state index contributed by atoms with van der Waals surface area (Å²) in [7, 11) is 0. The van der Waals surface area contributed by atoms with Crippen LogP contribution in [0.25, 0.3) is 5.65 Å². The molecule has 0 bridgehead atoms. The molecule has 1 amide bonds. The van der Waals surface area contributed by atoms with Crippen LogP contribution in [0.1, 0.15) is 58.7 Å². The van der Waals surface area contributed by atoms with Crippen molar-refractivity contribution >= 4 is 17.4 Å². The first-order valence-electron chi connectivity index (χ1n) is 10.3. The van der Waals surface area contributed by atoms with Gasteiger partial charge in [-0.15, -0.1) is 15.3 Å². The smallest absolute Gasteiger partial charge is 0.223 e. The summed E-state index contributed by atoms with van der Waals surface area (Å²) in [6.45, 7) is 11.2. The lowest BCUT2D eigenvalue weighted by Gasteiger charge is -2.32. The van der Waals surface area contributed by atoms with Crippen LogP contribution in [-0.4, -0.2) is 58.1 Å². The maximum absolute atomic E-state index is 12.4. The second-order valence-electron chi connectivity index (χ2n) is 8.00. The number of nitrogens with one attached hydrogen (secondary N) is 1. The van der Waals surface area contributed by atoms with Crippen LogP contribution in [0.3, 0.4) is 0 Å². The zero-order valence-electron chi connectivity index (χ0n) is 17.4. The van der Waals surface area contributed by atoms with Crippen LogP contribution >= 0.6 is 0 Å². The van der Waals surface area contributed by atoms with Gasteiger partial charge in [0.25, 0.3) is 0 Å². The number of nitrogens with zero attached hydrogens (tertiary/aromatic N) is 5. The zero-order valence-corrected chi connectivity index (χ0v) is 17.4. The standard InChI is InChI=1S/C20H32N6O2/c1-14(2)19-23-22-17-6-7-18(24-26(17)19)25-11-8-16(9-12-25)20(27)21-10-5-13-28-15(3)4/h6-7,14-16H,5,8-13H2,1-4H3,(H,21,27). The topological polar surface area (TPSA) is 84.6 Å². The number of aromatic nitrogens is 4. The Morgan fingerprint density at radius 1 is 1.21 bits per heavy atom. The number of hydrogen-bond acceptors (Lipinski definition) is 6. The van der Waals surface area contributed by atoms with E-state index in [4.69, 9.17) is 9.84 Å². The summed E-state index contributed by atoms with van der Waals surface area (Å²) in [6, 6.07) is 3.95. The monoisotopic (exact) mass is 388 g/mol. The molecule has 0 atom stereocenters. The largest absolute Gasteiger partial charge is 0.379 e. The number of amides is 1. The highest BCUT2D eigenvalue weighted by Gasteiger charge is 2.26. The number of fused-ring (bicyclic) bond motifs is 1. The number of hydrogen-bond donors (Lipinski definition) is 1. The quantitative estimate of drug-likeness (QED) is 0.699. The Balaban J connectivity index is 1.50. The Bertz CT molecular complexity index is 780. The van der Waals surface area contributed by atoms with Crippen molar-refractivity contribution < 1.29 is 9.53 Å². The van der Waals surface area contributed by atoms with Crippen molar-refractivity contribution in [3.05, 3.63) is 18.0 Å². The molecule has 2 aromatic heterocycles. The Morgan fingerprint density at radius 3 is 2.64 bits per heavy atom. The van der Waals surface area contributed by atoms with E-state index in [1.54, 1.807) is 0 Å². The summed E-state index contributed by atoms with van der Waals surface area (Å²) in [5.41, 5.74) is 0.767. The number of rotatable bonds is 8. The fourth-order valence-corrected chi connectivity index (χ4v) is 3.44. The molecule has 154 valence electrons. The summed E-state index contributed by atoms with van der Waals surface area (Å²) in [4.78, 5) is 14.6. The molecule has 0 spiro atoms. The van der Waals surface area contributed by atoms with Crippen LogP contribution in [0.5, 0.6) is 0 Å². The highest BCUT2D eigenvalue weighted by molar-refractivity contribution is 5.78. The minimum absolute atomic E-state index is 0.0761. The molecule has 1 aliphatic rings. The zero-order chi connectivity index (χ0) is 20.1. The number of ether oxygens (including phenoxy) is 1. The van der Waals surface area contributed by atoms with Crippen molar-refractivity contribution in [2.45, 2.75) is 59.0 Å². The van der Waals surface area contributed by atoms with Crippen LogP contribution in [-0.2, 0) is 9.53 Å².